The Morgan fingerprint density at radius 2 is 2.04 bits per heavy atom. The van der Waals surface area contributed by atoms with Gasteiger partial charge in [0, 0.05) is 42.9 Å². The van der Waals surface area contributed by atoms with Gasteiger partial charge in [-0.3, -0.25) is 4.79 Å². The van der Waals surface area contributed by atoms with Gasteiger partial charge in [-0.2, -0.15) is 0 Å². The van der Waals surface area contributed by atoms with Crippen LogP contribution in [0, 0.1) is 6.92 Å². The molecule has 0 aliphatic carbocycles. The molecule has 1 aromatic heterocycles. The molecule has 1 saturated heterocycles. The lowest BCUT2D eigenvalue weighted by molar-refractivity contribution is -0.121. The van der Waals surface area contributed by atoms with E-state index in [0.717, 1.165) is 55.3 Å². The van der Waals surface area contributed by atoms with Crippen molar-refractivity contribution in [3.63, 3.8) is 0 Å². The second-order valence-electron chi connectivity index (χ2n) is 6.98. The van der Waals surface area contributed by atoms with Crippen LogP contribution < -0.4 is 10.1 Å². The number of methoxy groups -OCH3 is 1. The van der Waals surface area contributed by atoms with Crippen LogP contribution in [0.15, 0.2) is 36.5 Å². The van der Waals surface area contributed by atoms with E-state index in [-0.39, 0.29) is 5.91 Å². The minimum Gasteiger partial charge on any atom is -0.496 e. The fourth-order valence-corrected chi connectivity index (χ4v) is 3.55. The maximum absolute atomic E-state index is 12.2. The maximum atomic E-state index is 12.2. The Kier molecular flexibility index (Phi) is 6.76. The topological polar surface area (TPSA) is 67.3 Å². The monoisotopic (exact) mass is 368 g/mol. The van der Waals surface area contributed by atoms with Gasteiger partial charge in [-0.1, -0.05) is 18.2 Å². The molecule has 1 N–H and O–H groups in total. The Bertz CT molecular complexity index is 757. The minimum atomic E-state index is 0.0782. The van der Waals surface area contributed by atoms with Crippen LogP contribution in [-0.2, 0) is 11.3 Å². The fraction of sp³-hybridized carbons (Fsp3) is 0.476. The second-order valence-corrected chi connectivity index (χ2v) is 6.98. The molecule has 1 aliphatic rings. The Morgan fingerprint density at radius 1 is 1.26 bits per heavy atom. The van der Waals surface area contributed by atoms with Gasteiger partial charge in [0.1, 0.15) is 11.6 Å². The van der Waals surface area contributed by atoms with Crippen molar-refractivity contribution in [3.8, 4) is 5.75 Å². The largest absolute Gasteiger partial charge is 0.496 e. The van der Waals surface area contributed by atoms with Crippen molar-refractivity contribution >= 4 is 5.91 Å². The van der Waals surface area contributed by atoms with E-state index in [4.69, 9.17) is 4.74 Å². The molecule has 1 amide bonds. The molecule has 6 heteroatoms. The number of aromatic nitrogens is 2. The molecule has 3 rings (SSSR count). The summed E-state index contributed by atoms with van der Waals surface area (Å²) >= 11 is 0. The van der Waals surface area contributed by atoms with Crippen molar-refractivity contribution in [2.75, 3.05) is 26.7 Å². The average Bonchev–Trinajstić information content (AvgIpc) is 2.71. The number of ether oxygens (including phenoxy) is 1. The van der Waals surface area contributed by atoms with Gasteiger partial charge in [0.2, 0.25) is 5.91 Å². The third kappa shape index (κ3) is 5.50. The summed E-state index contributed by atoms with van der Waals surface area (Å²) in [4.78, 5) is 23.3. The minimum absolute atomic E-state index is 0.0782. The number of nitrogens with zero attached hydrogens (tertiary/aromatic N) is 3. The van der Waals surface area contributed by atoms with Crippen LogP contribution in [-0.4, -0.2) is 47.5 Å². The van der Waals surface area contributed by atoms with Gasteiger partial charge >= 0.3 is 0 Å². The van der Waals surface area contributed by atoms with E-state index >= 15 is 0 Å². The van der Waals surface area contributed by atoms with E-state index in [1.165, 1.54) is 0 Å². The molecule has 1 aromatic carbocycles. The van der Waals surface area contributed by atoms with Crippen LogP contribution in [0.5, 0.6) is 5.75 Å². The van der Waals surface area contributed by atoms with Gasteiger partial charge in [-0.25, -0.2) is 9.97 Å². The highest BCUT2D eigenvalue weighted by atomic mass is 16.5. The summed E-state index contributed by atoms with van der Waals surface area (Å²) in [7, 11) is 1.65. The predicted molar refractivity (Wildman–Crippen MR) is 105 cm³/mol. The van der Waals surface area contributed by atoms with Gasteiger partial charge in [0.25, 0.3) is 0 Å². The van der Waals surface area contributed by atoms with Gasteiger partial charge in [-0.15, -0.1) is 0 Å². The van der Waals surface area contributed by atoms with Crippen LogP contribution in [0.1, 0.15) is 42.3 Å². The Labute approximate surface area is 161 Å². The van der Waals surface area contributed by atoms with E-state index in [9.17, 15) is 4.79 Å². The molecule has 0 bridgehead atoms. The summed E-state index contributed by atoms with van der Waals surface area (Å²) < 4.78 is 5.32. The number of benzene rings is 1. The van der Waals surface area contributed by atoms with E-state index in [1.54, 1.807) is 7.11 Å². The first kappa shape index (κ1) is 19.3. The summed E-state index contributed by atoms with van der Waals surface area (Å²) in [5, 5.41) is 2.99. The third-order valence-electron chi connectivity index (χ3n) is 5.13. The van der Waals surface area contributed by atoms with E-state index < -0.39 is 0 Å². The van der Waals surface area contributed by atoms with E-state index in [0.29, 0.717) is 18.9 Å². The number of nitrogens with one attached hydrogen (secondary N) is 1. The molecule has 0 saturated carbocycles. The number of piperidine rings is 1. The highest BCUT2D eigenvalue weighted by Gasteiger charge is 2.22. The normalized spacial score (nSPS) is 15.5. The maximum Gasteiger partial charge on any atom is 0.221 e. The number of hydrogen-bond donors (Lipinski definition) is 1. The van der Waals surface area contributed by atoms with Crippen molar-refractivity contribution in [1.82, 2.24) is 20.2 Å². The van der Waals surface area contributed by atoms with Crippen LogP contribution in [0.25, 0.3) is 0 Å². The molecule has 0 atom stereocenters. The summed E-state index contributed by atoms with van der Waals surface area (Å²) in [5.41, 5.74) is 2.14. The van der Waals surface area contributed by atoms with Gasteiger partial charge in [-0.05, 0) is 45.0 Å². The molecule has 1 fully saturated rings. The highest BCUT2D eigenvalue weighted by molar-refractivity contribution is 5.76. The van der Waals surface area contributed by atoms with Crippen LogP contribution >= 0.6 is 0 Å². The first-order valence-corrected chi connectivity index (χ1v) is 9.56. The lowest BCUT2D eigenvalue weighted by Crippen LogP contribution is -2.36. The first-order chi connectivity index (χ1) is 13.2. The van der Waals surface area contributed by atoms with Crippen molar-refractivity contribution in [2.24, 2.45) is 0 Å². The van der Waals surface area contributed by atoms with Crippen LogP contribution in [0.2, 0.25) is 0 Å². The molecule has 2 heterocycles. The molecule has 1 aliphatic heterocycles. The second kappa shape index (κ2) is 9.46. The molecule has 0 spiro atoms. The van der Waals surface area contributed by atoms with Gasteiger partial charge in [0.15, 0.2) is 0 Å². The quantitative estimate of drug-likeness (QED) is 0.814. The zero-order chi connectivity index (χ0) is 19.1. The molecular weight excluding hydrogens is 340 g/mol. The highest BCUT2D eigenvalue weighted by Crippen LogP contribution is 2.26. The first-order valence-electron chi connectivity index (χ1n) is 9.56. The SMILES string of the molecule is COc1ccccc1CNC(=O)CCN1CCC(c2ccnc(C)n2)CC1. The number of amides is 1. The lowest BCUT2D eigenvalue weighted by Gasteiger charge is -2.31. The summed E-state index contributed by atoms with van der Waals surface area (Å²) in [6.07, 6.45) is 4.53. The number of hydrogen-bond acceptors (Lipinski definition) is 5. The fourth-order valence-electron chi connectivity index (χ4n) is 3.55. The Hall–Kier alpha value is -2.47. The van der Waals surface area contributed by atoms with Gasteiger partial charge < -0.3 is 15.0 Å². The molecule has 0 radical (unpaired) electrons. The smallest absolute Gasteiger partial charge is 0.221 e. The molecular formula is C21H28N4O2. The van der Waals surface area contributed by atoms with Crippen molar-refractivity contribution in [3.05, 3.63) is 53.6 Å². The standard InChI is InChI=1S/C21H28N4O2/c1-16-22-11-7-19(24-16)17-8-12-25(13-9-17)14-10-21(26)23-15-18-5-3-4-6-20(18)27-2/h3-7,11,17H,8-10,12-15H2,1-2H3,(H,23,26). The summed E-state index contributed by atoms with van der Waals surface area (Å²) in [5.74, 6) is 2.22. The predicted octanol–water partition coefficient (Wildman–Crippen LogP) is 2.68. The van der Waals surface area contributed by atoms with Crippen molar-refractivity contribution in [2.45, 2.75) is 38.6 Å². The van der Waals surface area contributed by atoms with E-state index in [2.05, 4.69) is 20.2 Å². The average molecular weight is 368 g/mol. The molecule has 2 aromatic rings. The number of carbonyl (C=O) groups is 1. The number of rotatable bonds is 7. The Morgan fingerprint density at radius 3 is 2.78 bits per heavy atom. The molecule has 27 heavy (non-hydrogen) atoms. The Balaban J connectivity index is 1.39. The number of aryl methyl sites for hydroxylation is 1. The molecule has 144 valence electrons. The van der Waals surface area contributed by atoms with Crippen LogP contribution in [0.4, 0.5) is 0 Å². The van der Waals surface area contributed by atoms with Gasteiger partial charge in [0.05, 0.1) is 7.11 Å². The molecule has 0 unspecified atom stereocenters. The van der Waals surface area contributed by atoms with E-state index in [1.807, 2.05) is 43.5 Å². The van der Waals surface area contributed by atoms with Crippen molar-refractivity contribution in [1.29, 1.82) is 0 Å². The zero-order valence-corrected chi connectivity index (χ0v) is 16.1. The third-order valence-corrected chi connectivity index (χ3v) is 5.13. The summed E-state index contributed by atoms with van der Waals surface area (Å²) in [6, 6.07) is 9.78. The van der Waals surface area contributed by atoms with Crippen molar-refractivity contribution < 1.29 is 9.53 Å². The molecule has 6 nitrogen and oxygen atoms in total. The number of para-hydroxylation sites is 1. The number of likely N-dealkylation sites (tertiary alicyclic amines) is 1. The summed E-state index contributed by atoms with van der Waals surface area (Å²) in [6.45, 7) is 5.24. The zero-order valence-electron chi connectivity index (χ0n) is 16.1. The number of carbonyl (C=O) groups excluding carboxylic acids is 1. The van der Waals surface area contributed by atoms with Crippen LogP contribution in [0.3, 0.4) is 0 Å². The lowest BCUT2D eigenvalue weighted by atomic mass is 9.93.